The number of hydrogen-bond donors (Lipinski definition) is 1. The molecule has 3 heteroatoms. The van der Waals surface area contributed by atoms with E-state index in [-0.39, 0.29) is 6.10 Å². The molecule has 0 spiro atoms. The highest BCUT2D eigenvalue weighted by atomic mass is 16.3. The molecule has 0 bridgehead atoms. The average Bonchev–Trinajstić information content (AvgIpc) is 2.97. The number of likely N-dealkylation sites (tertiary alicyclic amines) is 1. The van der Waals surface area contributed by atoms with Crippen LogP contribution in [0.4, 0.5) is 0 Å². The van der Waals surface area contributed by atoms with Gasteiger partial charge in [0, 0.05) is 25.4 Å². The van der Waals surface area contributed by atoms with Crippen LogP contribution in [0, 0.1) is 17.8 Å². The molecular weight excluding hydrogens is 214 g/mol. The fourth-order valence-electron chi connectivity index (χ4n) is 4.03. The Morgan fingerprint density at radius 3 is 2.59 bits per heavy atom. The maximum atomic E-state index is 12.2. The van der Waals surface area contributed by atoms with Crippen LogP contribution >= 0.6 is 0 Å². The van der Waals surface area contributed by atoms with Gasteiger partial charge in [0.2, 0.25) is 5.91 Å². The van der Waals surface area contributed by atoms with E-state index in [0.29, 0.717) is 23.7 Å². The number of aliphatic hydroxyl groups is 1. The molecular formula is C14H23NO2. The van der Waals surface area contributed by atoms with Gasteiger partial charge in [0.25, 0.3) is 0 Å². The van der Waals surface area contributed by atoms with Crippen LogP contribution in [-0.4, -0.2) is 35.1 Å². The van der Waals surface area contributed by atoms with E-state index in [0.717, 1.165) is 32.4 Å². The van der Waals surface area contributed by atoms with E-state index in [4.69, 9.17) is 0 Å². The summed E-state index contributed by atoms with van der Waals surface area (Å²) in [5, 5.41) is 9.85. The van der Waals surface area contributed by atoms with Gasteiger partial charge in [-0.2, -0.15) is 0 Å². The Hall–Kier alpha value is -0.570. The Kier molecular flexibility index (Phi) is 3.12. The summed E-state index contributed by atoms with van der Waals surface area (Å²) in [4.78, 5) is 14.2. The normalized spacial score (nSPS) is 37.7. The van der Waals surface area contributed by atoms with Gasteiger partial charge in [-0.25, -0.2) is 0 Å². The van der Waals surface area contributed by atoms with Crippen LogP contribution in [0.3, 0.4) is 0 Å². The predicted molar refractivity (Wildman–Crippen MR) is 65.4 cm³/mol. The fourth-order valence-corrected chi connectivity index (χ4v) is 4.03. The Morgan fingerprint density at radius 2 is 1.88 bits per heavy atom. The number of amides is 1. The first-order valence-corrected chi connectivity index (χ1v) is 7.20. The Balaban J connectivity index is 1.53. The average molecular weight is 237 g/mol. The molecule has 3 nitrogen and oxygen atoms in total. The smallest absolute Gasteiger partial charge is 0.222 e. The summed E-state index contributed by atoms with van der Waals surface area (Å²) >= 11 is 0. The molecule has 2 saturated carbocycles. The van der Waals surface area contributed by atoms with E-state index in [9.17, 15) is 9.90 Å². The van der Waals surface area contributed by atoms with Crippen molar-refractivity contribution in [1.29, 1.82) is 0 Å². The Labute approximate surface area is 103 Å². The second-order valence-electron chi connectivity index (χ2n) is 6.22. The van der Waals surface area contributed by atoms with E-state index in [1.165, 1.54) is 25.7 Å². The van der Waals surface area contributed by atoms with Gasteiger partial charge in [0.05, 0.1) is 6.10 Å². The van der Waals surface area contributed by atoms with Crippen LogP contribution in [0.5, 0.6) is 0 Å². The molecule has 3 rings (SSSR count). The van der Waals surface area contributed by atoms with E-state index in [2.05, 4.69) is 0 Å². The van der Waals surface area contributed by atoms with Gasteiger partial charge >= 0.3 is 0 Å². The van der Waals surface area contributed by atoms with Crippen molar-refractivity contribution in [2.75, 3.05) is 13.1 Å². The first kappa shape index (κ1) is 11.5. The minimum atomic E-state index is -0.149. The summed E-state index contributed by atoms with van der Waals surface area (Å²) in [5.41, 5.74) is 0. The molecule has 0 aromatic carbocycles. The number of hydrogen-bond acceptors (Lipinski definition) is 2. The zero-order chi connectivity index (χ0) is 11.8. The first-order valence-electron chi connectivity index (χ1n) is 7.20. The Morgan fingerprint density at radius 1 is 1.12 bits per heavy atom. The second kappa shape index (κ2) is 4.60. The van der Waals surface area contributed by atoms with Gasteiger partial charge in [-0.15, -0.1) is 0 Å². The lowest BCUT2D eigenvalue weighted by molar-refractivity contribution is -0.131. The molecule has 1 N–H and O–H groups in total. The number of carbonyl (C=O) groups excluding carboxylic acids is 1. The van der Waals surface area contributed by atoms with Crippen LogP contribution in [-0.2, 0) is 4.79 Å². The lowest BCUT2D eigenvalue weighted by Gasteiger charge is -2.20. The minimum absolute atomic E-state index is 0.149. The van der Waals surface area contributed by atoms with Crippen LogP contribution < -0.4 is 0 Å². The van der Waals surface area contributed by atoms with E-state index < -0.39 is 0 Å². The molecule has 0 aromatic rings. The summed E-state index contributed by atoms with van der Waals surface area (Å²) < 4.78 is 0. The number of aliphatic hydroxyl groups excluding tert-OH is 1. The lowest BCUT2D eigenvalue weighted by Crippen LogP contribution is -2.32. The third-order valence-corrected chi connectivity index (χ3v) is 5.11. The molecule has 1 saturated heterocycles. The van der Waals surface area contributed by atoms with E-state index in [1.807, 2.05) is 4.90 Å². The molecule has 3 aliphatic rings. The number of nitrogens with zero attached hydrogens (tertiary/aromatic N) is 1. The first-order chi connectivity index (χ1) is 8.24. The van der Waals surface area contributed by atoms with Crippen molar-refractivity contribution in [3.05, 3.63) is 0 Å². The highest BCUT2D eigenvalue weighted by Gasteiger charge is 2.43. The van der Waals surface area contributed by atoms with Gasteiger partial charge in [-0.1, -0.05) is 12.8 Å². The van der Waals surface area contributed by atoms with Gasteiger partial charge in [-0.05, 0) is 37.5 Å². The van der Waals surface area contributed by atoms with Gasteiger partial charge < -0.3 is 10.0 Å². The fraction of sp³-hybridized carbons (Fsp3) is 0.929. The molecule has 1 unspecified atom stereocenters. The summed E-state index contributed by atoms with van der Waals surface area (Å²) in [6.07, 6.45) is 7.77. The molecule has 1 aliphatic heterocycles. The summed E-state index contributed by atoms with van der Waals surface area (Å²) in [6, 6.07) is 0. The molecule has 3 atom stereocenters. The summed E-state index contributed by atoms with van der Waals surface area (Å²) in [7, 11) is 0. The van der Waals surface area contributed by atoms with Crippen molar-refractivity contribution >= 4 is 5.91 Å². The number of carbonyl (C=O) groups is 1. The molecule has 0 aromatic heterocycles. The minimum Gasteiger partial charge on any atom is -0.393 e. The quantitative estimate of drug-likeness (QED) is 0.795. The number of fused-ring (bicyclic) bond motifs is 1. The lowest BCUT2D eigenvalue weighted by atomic mass is 10.00. The topological polar surface area (TPSA) is 40.5 Å². The summed E-state index contributed by atoms with van der Waals surface area (Å²) in [5.74, 6) is 1.95. The largest absolute Gasteiger partial charge is 0.393 e. The SMILES string of the molecule is O=C(CC1CCCC1)N1C[C@H]2CCC(O)[C@H]2C1. The maximum absolute atomic E-state index is 12.2. The molecule has 1 heterocycles. The van der Waals surface area contributed by atoms with Crippen LogP contribution in [0.25, 0.3) is 0 Å². The third-order valence-electron chi connectivity index (χ3n) is 5.11. The number of rotatable bonds is 2. The standard InChI is InChI=1S/C14H23NO2/c16-13-6-5-11-8-15(9-12(11)13)14(17)7-10-3-1-2-4-10/h10-13,16H,1-9H2/t11-,12+,13?/m1/s1. The van der Waals surface area contributed by atoms with Crippen molar-refractivity contribution in [2.45, 2.75) is 51.0 Å². The molecule has 1 amide bonds. The van der Waals surface area contributed by atoms with E-state index in [1.54, 1.807) is 0 Å². The molecule has 3 fully saturated rings. The predicted octanol–water partition coefficient (Wildman–Crippen LogP) is 1.80. The van der Waals surface area contributed by atoms with Crippen LogP contribution in [0.1, 0.15) is 44.9 Å². The van der Waals surface area contributed by atoms with Gasteiger partial charge in [0.1, 0.15) is 0 Å². The monoisotopic (exact) mass is 237 g/mol. The molecule has 0 radical (unpaired) electrons. The van der Waals surface area contributed by atoms with Gasteiger partial charge in [0.15, 0.2) is 0 Å². The molecule has 96 valence electrons. The second-order valence-corrected chi connectivity index (χ2v) is 6.22. The zero-order valence-corrected chi connectivity index (χ0v) is 10.5. The van der Waals surface area contributed by atoms with Crippen LogP contribution in [0.15, 0.2) is 0 Å². The highest BCUT2D eigenvalue weighted by Crippen LogP contribution is 2.38. The van der Waals surface area contributed by atoms with Crippen molar-refractivity contribution in [2.24, 2.45) is 17.8 Å². The summed E-state index contributed by atoms with van der Waals surface area (Å²) in [6.45, 7) is 1.73. The van der Waals surface area contributed by atoms with Gasteiger partial charge in [-0.3, -0.25) is 4.79 Å². The maximum Gasteiger partial charge on any atom is 0.222 e. The van der Waals surface area contributed by atoms with Crippen LogP contribution in [0.2, 0.25) is 0 Å². The zero-order valence-electron chi connectivity index (χ0n) is 10.5. The molecule has 2 aliphatic carbocycles. The van der Waals surface area contributed by atoms with Crippen molar-refractivity contribution in [3.63, 3.8) is 0 Å². The van der Waals surface area contributed by atoms with E-state index >= 15 is 0 Å². The van der Waals surface area contributed by atoms with Crippen molar-refractivity contribution in [1.82, 2.24) is 4.90 Å². The third kappa shape index (κ3) is 2.22. The highest BCUT2D eigenvalue weighted by molar-refractivity contribution is 5.76. The van der Waals surface area contributed by atoms with Crippen molar-refractivity contribution < 1.29 is 9.90 Å². The Bertz CT molecular complexity index is 299. The molecule has 17 heavy (non-hydrogen) atoms. The van der Waals surface area contributed by atoms with Crippen molar-refractivity contribution in [3.8, 4) is 0 Å².